The first-order valence-electron chi connectivity index (χ1n) is 7.32. The second-order valence-corrected chi connectivity index (χ2v) is 6.70. The molecular weight excluding hydrogens is 344 g/mol. The highest BCUT2D eigenvalue weighted by molar-refractivity contribution is 7.98. The van der Waals surface area contributed by atoms with Crippen LogP contribution in [0, 0.1) is 6.92 Å². The number of nitrogens with zero attached hydrogens (tertiary/aromatic N) is 1. The number of hydrogen-bond acceptors (Lipinski definition) is 4. The van der Waals surface area contributed by atoms with Gasteiger partial charge in [-0.3, -0.25) is 4.79 Å². The molecule has 1 aromatic heterocycles. The van der Waals surface area contributed by atoms with E-state index in [1.54, 1.807) is 36.9 Å². The Bertz CT molecular complexity index is 829. The van der Waals surface area contributed by atoms with Gasteiger partial charge in [-0.2, -0.15) is 0 Å². The maximum Gasteiger partial charge on any atom is 0.256 e. The molecular formula is C18H15ClN2O2S. The highest BCUT2D eigenvalue weighted by Gasteiger charge is 2.08. The molecule has 0 aliphatic carbocycles. The molecule has 0 saturated carbocycles. The maximum atomic E-state index is 12.1. The molecule has 0 fully saturated rings. The van der Waals surface area contributed by atoms with Crippen molar-refractivity contribution < 1.29 is 9.32 Å². The summed E-state index contributed by atoms with van der Waals surface area (Å²) < 4.78 is 4.93. The van der Waals surface area contributed by atoms with Crippen LogP contribution in [0.1, 0.15) is 21.7 Å². The normalized spacial score (nSPS) is 10.6. The Morgan fingerprint density at radius 2 is 1.88 bits per heavy atom. The van der Waals surface area contributed by atoms with E-state index >= 15 is 0 Å². The first-order chi connectivity index (χ1) is 11.6. The van der Waals surface area contributed by atoms with E-state index in [2.05, 4.69) is 10.5 Å². The van der Waals surface area contributed by atoms with Crippen LogP contribution in [0.2, 0.25) is 5.02 Å². The number of nitrogens with one attached hydrogen (secondary N) is 1. The van der Waals surface area contributed by atoms with E-state index in [0.29, 0.717) is 17.1 Å². The SMILES string of the molecule is Cc1cc(NC(=O)c2ccc(CSc3ccc(Cl)cc3)cc2)no1. The topological polar surface area (TPSA) is 55.1 Å². The van der Waals surface area contributed by atoms with Crippen molar-refractivity contribution in [1.29, 1.82) is 0 Å². The molecule has 0 radical (unpaired) electrons. The molecule has 4 nitrogen and oxygen atoms in total. The molecule has 3 aromatic rings. The minimum Gasteiger partial charge on any atom is -0.360 e. The zero-order valence-corrected chi connectivity index (χ0v) is 14.5. The molecule has 1 heterocycles. The van der Waals surface area contributed by atoms with Crippen molar-refractivity contribution in [2.45, 2.75) is 17.6 Å². The van der Waals surface area contributed by atoms with Gasteiger partial charge in [-0.1, -0.05) is 28.9 Å². The van der Waals surface area contributed by atoms with Crippen molar-refractivity contribution in [2.75, 3.05) is 5.32 Å². The zero-order chi connectivity index (χ0) is 16.9. The molecule has 24 heavy (non-hydrogen) atoms. The first-order valence-corrected chi connectivity index (χ1v) is 8.68. The summed E-state index contributed by atoms with van der Waals surface area (Å²) in [6, 6.07) is 16.9. The molecule has 1 N–H and O–H groups in total. The lowest BCUT2D eigenvalue weighted by atomic mass is 10.1. The predicted octanol–water partition coefficient (Wildman–Crippen LogP) is 5.18. The molecule has 3 rings (SSSR count). The maximum absolute atomic E-state index is 12.1. The third-order valence-corrected chi connectivity index (χ3v) is 4.64. The van der Waals surface area contributed by atoms with Gasteiger partial charge in [-0.25, -0.2) is 0 Å². The van der Waals surface area contributed by atoms with Gasteiger partial charge in [0, 0.05) is 27.3 Å². The van der Waals surface area contributed by atoms with Gasteiger partial charge in [0.15, 0.2) is 5.82 Å². The second kappa shape index (κ2) is 7.55. The Kier molecular flexibility index (Phi) is 5.23. The van der Waals surface area contributed by atoms with Gasteiger partial charge < -0.3 is 9.84 Å². The van der Waals surface area contributed by atoms with Crippen LogP contribution in [-0.4, -0.2) is 11.1 Å². The van der Waals surface area contributed by atoms with E-state index in [4.69, 9.17) is 16.1 Å². The summed E-state index contributed by atoms with van der Waals surface area (Å²) in [7, 11) is 0. The number of halogens is 1. The minimum absolute atomic E-state index is 0.208. The largest absolute Gasteiger partial charge is 0.360 e. The molecule has 0 atom stereocenters. The van der Waals surface area contributed by atoms with Gasteiger partial charge in [0.2, 0.25) is 0 Å². The van der Waals surface area contributed by atoms with E-state index in [1.807, 2.05) is 36.4 Å². The fourth-order valence-electron chi connectivity index (χ4n) is 2.06. The van der Waals surface area contributed by atoms with Gasteiger partial charge in [-0.15, -0.1) is 11.8 Å². The third kappa shape index (κ3) is 4.40. The summed E-state index contributed by atoms with van der Waals surface area (Å²) in [5, 5.41) is 7.18. The van der Waals surface area contributed by atoms with E-state index < -0.39 is 0 Å². The summed E-state index contributed by atoms with van der Waals surface area (Å²) in [6.07, 6.45) is 0. The Labute approximate surface area is 149 Å². The Hall–Kier alpha value is -2.24. The number of aromatic nitrogens is 1. The summed E-state index contributed by atoms with van der Waals surface area (Å²) in [4.78, 5) is 13.3. The molecule has 0 unspecified atom stereocenters. The minimum atomic E-state index is -0.208. The van der Waals surface area contributed by atoms with E-state index in [9.17, 15) is 4.79 Å². The number of rotatable bonds is 5. The van der Waals surface area contributed by atoms with Crippen LogP contribution >= 0.6 is 23.4 Å². The van der Waals surface area contributed by atoms with Gasteiger partial charge in [0.1, 0.15) is 5.76 Å². The standard InChI is InChI=1S/C18H15ClN2O2S/c1-12-10-17(21-23-12)20-18(22)14-4-2-13(3-5-14)11-24-16-8-6-15(19)7-9-16/h2-10H,11H2,1H3,(H,20,21,22). The monoisotopic (exact) mass is 358 g/mol. The van der Waals surface area contributed by atoms with Crippen molar-refractivity contribution in [3.05, 3.63) is 76.5 Å². The number of benzene rings is 2. The summed E-state index contributed by atoms with van der Waals surface area (Å²) in [6.45, 7) is 1.77. The summed E-state index contributed by atoms with van der Waals surface area (Å²) >= 11 is 7.60. The van der Waals surface area contributed by atoms with Crippen molar-refractivity contribution in [3.8, 4) is 0 Å². The van der Waals surface area contributed by atoms with Gasteiger partial charge >= 0.3 is 0 Å². The van der Waals surface area contributed by atoms with Crippen LogP contribution in [0.15, 0.2) is 64.0 Å². The molecule has 0 aliphatic rings. The van der Waals surface area contributed by atoms with E-state index in [0.717, 1.165) is 21.2 Å². The van der Waals surface area contributed by atoms with E-state index in [-0.39, 0.29) is 5.91 Å². The number of thioether (sulfide) groups is 1. The fourth-order valence-corrected chi connectivity index (χ4v) is 3.04. The van der Waals surface area contributed by atoms with Crippen LogP contribution in [0.5, 0.6) is 0 Å². The number of carbonyl (C=O) groups is 1. The van der Waals surface area contributed by atoms with Crippen molar-refractivity contribution >= 4 is 35.1 Å². The Morgan fingerprint density at radius 3 is 2.50 bits per heavy atom. The molecule has 122 valence electrons. The lowest BCUT2D eigenvalue weighted by Crippen LogP contribution is -2.11. The van der Waals surface area contributed by atoms with Gasteiger partial charge in [0.25, 0.3) is 5.91 Å². The molecule has 0 spiro atoms. The highest BCUT2D eigenvalue weighted by Crippen LogP contribution is 2.24. The summed E-state index contributed by atoms with van der Waals surface area (Å²) in [5.74, 6) is 1.69. The predicted molar refractivity (Wildman–Crippen MR) is 96.6 cm³/mol. The second-order valence-electron chi connectivity index (χ2n) is 5.22. The fraction of sp³-hybridized carbons (Fsp3) is 0.111. The van der Waals surface area contributed by atoms with Gasteiger partial charge in [-0.05, 0) is 48.9 Å². The number of aryl methyl sites for hydroxylation is 1. The molecule has 0 saturated heterocycles. The lowest BCUT2D eigenvalue weighted by Gasteiger charge is -2.05. The number of amides is 1. The van der Waals surface area contributed by atoms with Crippen molar-refractivity contribution in [3.63, 3.8) is 0 Å². The third-order valence-electron chi connectivity index (χ3n) is 3.30. The molecule has 6 heteroatoms. The number of hydrogen-bond donors (Lipinski definition) is 1. The van der Waals surface area contributed by atoms with Crippen LogP contribution in [-0.2, 0) is 5.75 Å². The quantitative estimate of drug-likeness (QED) is 0.638. The van der Waals surface area contributed by atoms with Gasteiger partial charge in [0.05, 0.1) is 0 Å². The number of carbonyl (C=O) groups excluding carboxylic acids is 1. The van der Waals surface area contributed by atoms with Crippen molar-refractivity contribution in [1.82, 2.24) is 5.16 Å². The van der Waals surface area contributed by atoms with Crippen LogP contribution in [0.4, 0.5) is 5.82 Å². The van der Waals surface area contributed by atoms with Crippen LogP contribution in [0.25, 0.3) is 0 Å². The average Bonchev–Trinajstić information content (AvgIpc) is 2.99. The number of anilines is 1. The molecule has 0 aliphatic heterocycles. The van der Waals surface area contributed by atoms with Crippen molar-refractivity contribution in [2.24, 2.45) is 0 Å². The highest BCUT2D eigenvalue weighted by atomic mass is 35.5. The lowest BCUT2D eigenvalue weighted by molar-refractivity contribution is 0.102. The average molecular weight is 359 g/mol. The Morgan fingerprint density at radius 1 is 1.17 bits per heavy atom. The van der Waals surface area contributed by atoms with Crippen LogP contribution < -0.4 is 5.32 Å². The smallest absolute Gasteiger partial charge is 0.256 e. The molecule has 2 aromatic carbocycles. The zero-order valence-electron chi connectivity index (χ0n) is 13.0. The summed E-state index contributed by atoms with van der Waals surface area (Å²) in [5.41, 5.74) is 1.72. The Balaban J connectivity index is 1.58. The molecule has 0 bridgehead atoms. The van der Waals surface area contributed by atoms with Crippen LogP contribution in [0.3, 0.4) is 0 Å². The first kappa shape index (κ1) is 16.6. The van der Waals surface area contributed by atoms with E-state index in [1.165, 1.54) is 0 Å². The molecule has 1 amide bonds.